The molecule has 0 bridgehead atoms. The molecular weight excluding hydrogens is 504 g/mol. The Labute approximate surface area is 224 Å². The smallest absolute Gasteiger partial charge is 0.306 e. The molecule has 3 rings (SSSR count). The Hall–Kier alpha value is -3.69. The van der Waals surface area contributed by atoms with Crippen LogP contribution in [0.3, 0.4) is 0 Å². The summed E-state index contributed by atoms with van der Waals surface area (Å²) in [7, 11) is -2.53. The minimum absolute atomic E-state index is 0.0110. The average Bonchev–Trinajstić information content (AvgIpc) is 2.92. The molecule has 0 radical (unpaired) electrons. The van der Waals surface area contributed by atoms with E-state index in [1.54, 1.807) is 19.1 Å². The molecule has 0 saturated heterocycles. The highest BCUT2D eigenvalue weighted by atomic mass is 32.2. The largest absolute Gasteiger partial charge is 0.497 e. The topological polar surface area (TPSA) is 102 Å². The van der Waals surface area contributed by atoms with Crippen LogP contribution in [0.4, 0.5) is 0 Å². The van der Waals surface area contributed by atoms with E-state index in [0.29, 0.717) is 18.7 Å². The van der Waals surface area contributed by atoms with Crippen molar-refractivity contribution in [3.63, 3.8) is 0 Å². The van der Waals surface area contributed by atoms with E-state index >= 15 is 0 Å². The van der Waals surface area contributed by atoms with Crippen molar-refractivity contribution in [2.24, 2.45) is 5.92 Å². The van der Waals surface area contributed by atoms with Crippen LogP contribution in [-0.2, 0) is 37.4 Å². The van der Waals surface area contributed by atoms with Gasteiger partial charge >= 0.3 is 5.97 Å². The average molecular weight is 539 g/mol. The summed E-state index contributed by atoms with van der Waals surface area (Å²) in [5, 5.41) is 2.80. The minimum atomic E-state index is -4.02. The van der Waals surface area contributed by atoms with Crippen LogP contribution in [-0.4, -0.2) is 51.3 Å². The van der Waals surface area contributed by atoms with E-state index in [2.05, 4.69) is 5.32 Å². The van der Waals surface area contributed by atoms with Gasteiger partial charge in [-0.2, -0.15) is 4.31 Å². The van der Waals surface area contributed by atoms with Gasteiger partial charge in [0.25, 0.3) is 0 Å². The highest BCUT2D eigenvalue weighted by Gasteiger charge is 2.29. The fourth-order valence-electron chi connectivity index (χ4n) is 3.85. The number of carbonyl (C=O) groups is 2. The number of nitrogens with one attached hydrogen (secondary N) is 1. The molecular formula is C29H34N2O6S. The molecule has 1 unspecified atom stereocenters. The first-order chi connectivity index (χ1) is 18.3. The molecule has 38 heavy (non-hydrogen) atoms. The summed E-state index contributed by atoms with van der Waals surface area (Å²) >= 11 is 0. The van der Waals surface area contributed by atoms with Gasteiger partial charge in [0.15, 0.2) is 0 Å². The summed E-state index contributed by atoms with van der Waals surface area (Å²) in [5.41, 5.74) is 1.93. The molecule has 1 amide bonds. The summed E-state index contributed by atoms with van der Waals surface area (Å²) in [4.78, 5) is 25.2. The van der Waals surface area contributed by atoms with E-state index in [4.69, 9.17) is 9.47 Å². The molecule has 0 spiro atoms. The van der Waals surface area contributed by atoms with Crippen LogP contribution in [0.1, 0.15) is 24.5 Å². The number of amides is 1. The summed E-state index contributed by atoms with van der Waals surface area (Å²) < 4.78 is 38.6. The van der Waals surface area contributed by atoms with Crippen LogP contribution >= 0.6 is 0 Å². The highest BCUT2D eigenvalue weighted by Crippen LogP contribution is 2.21. The lowest BCUT2D eigenvalue weighted by Gasteiger charge is -2.25. The molecule has 202 valence electrons. The number of carbonyl (C=O) groups excluding carboxylic acids is 2. The standard InChI is InChI=1S/C29H34N2O6S/c1-23(19-29(33)37-22-25-11-7-4-8-12-25)20-31(38(34,35)27-15-13-26(36-2)14-16-27)21-28(32)30-18-17-24-9-5-3-6-10-24/h3-16,23H,17-22H2,1-2H3,(H,30,32). The lowest BCUT2D eigenvalue weighted by molar-refractivity contribution is -0.146. The molecule has 3 aromatic carbocycles. The number of hydrogen-bond acceptors (Lipinski definition) is 6. The molecule has 0 aromatic heterocycles. The number of sulfonamides is 1. The van der Waals surface area contributed by atoms with Crippen molar-refractivity contribution >= 4 is 21.9 Å². The van der Waals surface area contributed by atoms with Gasteiger partial charge in [0.1, 0.15) is 12.4 Å². The molecule has 0 heterocycles. The maximum Gasteiger partial charge on any atom is 0.306 e. The Morgan fingerprint density at radius 2 is 1.50 bits per heavy atom. The normalized spacial score (nSPS) is 12.1. The zero-order valence-electron chi connectivity index (χ0n) is 21.7. The van der Waals surface area contributed by atoms with Crippen molar-refractivity contribution < 1.29 is 27.5 Å². The van der Waals surface area contributed by atoms with Gasteiger partial charge in [-0.05, 0) is 47.7 Å². The van der Waals surface area contributed by atoms with Crippen molar-refractivity contribution in [1.29, 1.82) is 0 Å². The van der Waals surface area contributed by atoms with E-state index in [1.807, 2.05) is 60.7 Å². The second-order valence-electron chi connectivity index (χ2n) is 9.01. The summed E-state index contributed by atoms with van der Waals surface area (Å²) in [5.74, 6) is -0.723. The first-order valence-electron chi connectivity index (χ1n) is 12.4. The fraction of sp³-hybridized carbons (Fsp3) is 0.310. The van der Waals surface area contributed by atoms with Crippen molar-refractivity contribution in [3.8, 4) is 5.75 Å². The fourth-order valence-corrected chi connectivity index (χ4v) is 5.36. The van der Waals surface area contributed by atoms with E-state index in [9.17, 15) is 18.0 Å². The second-order valence-corrected chi connectivity index (χ2v) is 11.0. The van der Waals surface area contributed by atoms with Crippen LogP contribution in [0.2, 0.25) is 0 Å². The molecule has 1 N–H and O–H groups in total. The number of hydrogen-bond donors (Lipinski definition) is 1. The first-order valence-corrected chi connectivity index (χ1v) is 13.9. The zero-order valence-corrected chi connectivity index (χ0v) is 22.5. The number of methoxy groups -OCH3 is 1. The maximum atomic E-state index is 13.5. The van der Waals surface area contributed by atoms with Crippen LogP contribution in [0.15, 0.2) is 89.8 Å². The van der Waals surface area contributed by atoms with Crippen molar-refractivity contribution in [2.75, 3.05) is 26.7 Å². The molecule has 9 heteroatoms. The van der Waals surface area contributed by atoms with Gasteiger partial charge in [0, 0.05) is 19.5 Å². The first kappa shape index (κ1) is 28.9. The van der Waals surface area contributed by atoms with Gasteiger partial charge in [-0.15, -0.1) is 0 Å². The molecule has 1 atom stereocenters. The van der Waals surface area contributed by atoms with Crippen LogP contribution in [0.5, 0.6) is 5.75 Å². The van der Waals surface area contributed by atoms with Crippen LogP contribution < -0.4 is 10.1 Å². The predicted molar refractivity (Wildman–Crippen MR) is 145 cm³/mol. The molecule has 3 aromatic rings. The Morgan fingerprint density at radius 1 is 0.895 bits per heavy atom. The quantitative estimate of drug-likeness (QED) is 0.313. The number of esters is 1. The third kappa shape index (κ3) is 9.00. The van der Waals surface area contributed by atoms with E-state index < -0.39 is 21.9 Å². The Kier molecular flexibility index (Phi) is 10.9. The number of benzene rings is 3. The second kappa shape index (κ2) is 14.3. The summed E-state index contributed by atoms with van der Waals surface area (Å²) in [6, 6.07) is 25.0. The highest BCUT2D eigenvalue weighted by molar-refractivity contribution is 7.89. The molecule has 0 fully saturated rings. The van der Waals surface area contributed by atoms with Crippen LogP contribution in [0, 0.1) is 5.92 Å². The van der Waals surface area contributed by atoms with Crippen molar-refractivity contribution in [1.82, 2.24) is 9.62 Å². The molecule has 0 saturated carbocycles. The van der Waals surface area contributed by atoms with E-state index in [-0.39, 0.29) is 36.9 Å². The summed E-state index contributed by atoms with van der Waals surface area (Å²) in [6.45, 7) is 1.88. The van der Waals surface area contributed by atoms with Crippen molar-refractivity contribution in [3.05, 3.63) is 96.1 Å². The maximum absolute atomic E-state index is 13.5. The lowest BCUT2D eigenvalue weighted by Crippen LogP contribution is -2.43. The number of ether oxygens (including phenoxy) is 2. The van der Waals surface area contributed by atoms with Gasteiger partial charge in [0.2, 0.25) is 15.9 Å². The predicted octanol–water partition coefficient (Wildman–Crippen LogP) is 3.81. The van der Waals surface area contributed by atoms with Crippen molar-refractivity contribution in [2.45, 2.75) is 31.3 Å². The van der Waals surface area contributed by atoms with Gasteiger partial charge in [-0.1, -0.05) is 67.6 Å². The monoisotopic (exact) mass is 538 g/mol. The molecule has 0 aliphatic rings. The Morgan fingerprint density at radius 3 is 2.11 bits per heavy atom. The van der Waals surface area contributed by atoms with Gasteiger partial charge < -0.3 is 14.8 Å². The van der Waals surface area contributed by atoms with Gasteiger partial charge in [0.05, 0.1) is 18.6 Å². The molecule has 0 aliphatic heterocycles. The minimum Gasteiger partial charge on any atom is -0.497 e. The molecule has 0 aliphatic carbocycles. The SMILES string of the molecule is COc1ccc(S(=O)(=O)N(CC(=O)NCCc2ccccc2)CC(C)CC(=O)OCc2ccccc2)cc1. The van der Waals surface area contributed by atoms with Gasteiger partial charge in [-0.3, -0.25) is 9.59 Å². The summed E-state index contributed by atoms with van der Waals surface area (Å²) in [6.07, 6.45) is 0.637. The van der Waals surface area contributed by atoms with Gasteiger partial charge in [-0.25, -0.2) is 8.42 Å². The number of rotatable bonds is 14. The van der Waals surface area contributed by atoms with E-state index in [0.717, 1.165) is 15.4 Å². The van der Waals surface area contributed by atoms with E-state index in [1.165, 1.54) is 19.2 Å². The molecule has 8 nitrogen and oxygen atoms in total. The Bertz CT molecular complexity index is 1270. The lowest BCUT2D eigenvalue weighted by atomic mass is 10.1. The Balaban J connectivity index is 1.64. The third-order valence-corrected chi connectivity index (χ3v) is 7.69. The number of nitrogens with zero attached hydrogens (tertiary/aromatic N) is 1. The van der Waals surface area contributed by atoms with Crippen LogP contribution in [0.25, 0.3) is 0 Å². The third-order valence-electron chi connectivity index (χ3n) is 5.87. The zero-order chi connectivity index (χ0) is 27.4.